The van der Waals surface area contributed by atoms with Gasteiger partial charge in [0.1, 0.15) is 0 Å². The SMILES string of the molecule is N#CCc1ccnc(-c2cc(Cl)ccc2Cl)c1-c1cc(Cl)ccc1Cl. The Labute approximate surface area is 165 Å². The first-order valence-corrected chi connectivity index (χ1v) is 8.78. The summed E-state index contributed by atoms with van der Waals surface area (Å²) >= 11 is 25.1. The zero-order valence-corrected chi connectivity index (χ0v) is 15.8. The summed E-state index contributed by atoms with van der Waals surface area (Å²) in [6.45, 7) is 0. The van der Waals surface area contributed by atoms with Crippen molar-refractivity contribution in [2.75, 3.05) is 0 Å². The van der Waals surface area contributed by atoms with Crippen LogP contribution in [0.4, 0.5) is 0 Å². The molecule has 124 valence electrons. The minimum Gasteiger partial charge on any atom is -0.256 e. The summed E-state index contributed by atoms with van der Waals surface area (Å²) in [5, 5.41) is 11.3. The molecule has 6 heteroatoms. The molecule has 0 saturated heterocycles. The molecular formula is C19H10Cl4N2. The fourth-order valence-electron chi connectivity index (χ4n) is 2.61. The average Bonchev–Trinajstić information content (AvgIpc) is 2.59. The Bertz CT molecular complexity index is 993. The number of nitrogens with zero attached hydrogens (tertiary/aromatic N) is 2. The van der Waals surface area contributed by atoms with Gasteiger partial charge in [0.2, 0.25) is 0 Å². The van der Waals surface area contributed by atoms with Gasteiger partial charge in [-0.2, -0.15) is 5.26 Å². The molecule has 1 heterocycles. The van der Waals surface area contributed by atoms with E-state index in [4.69, 9.17) is 46.4 Å². The van der Waals surface area contributed by atoms with Gasteiger partial charge in [-0.05, 0) is 48.0 Å². The van der Waals surface area contributed by atoms with E-state index in [0.717, 1.165) is 11.1 Å². The molecule has 0 aliphatic rings. The number of nitriles is 1. The monoisotopic (exact) mass is 406 g/mol. The molecule has 0 amide bonds. The number of aromatic nitrogens is 1. The second kappa shape index (κ2) is 7.64. The third-order valence-corrected chi connectivity index (χ3v) is 4.82. The van der Waals surface area contributed by atoms with Gasteiger partial charge in [0.25, 0.3) is 0 Å². The van der Waals surface area contributed by atoms with Crippen molar-refractivity contribution in [2.45, 2.75) is 6.42 Å². The third-order valence-electron chi connectivity index (χ3n) is 3.69. The van der Waals surface area contributed by atoms with E-state index < -0.39 is 0 Å². The van der Waals surface area contributed by atoms with Crippen LogP contribution in [-0.4, -0.2) is 4.98 Å². The summed E-state index contributed by atoms with van der Waals surface area (Å²) in [6, 6.07) is 14.3. The predicted molar refractivity (Wildman–Crippen MR) is 104 cm³/mol. The standard InChI is InChI=1S/C19H10Cl4N2/c20-12-1-3-16(22)14(9-12)18-11(5-7-24)6-8-25-19(18)15-10-13(21)2-4-17(15)23/h1-4,6,8-10H,5H2. The first kappa shape index (κ1) is 18.0. The van der Waals surface area contributed by atoms with E-state index in [0.29, 0.717) is 36.9 Å². The maximum Gasteiger partial charge on any atom is 0.0799 e. The van der Waals surface area contributed by atoms with E-state index >= 15 is 0 Å². The molecule has 1 aromatic heterocycles. The first-order valence-electron chi connectivity index (χ1n) is 7.27. The number of benzene rings is 2. The van der Waals surface area contributed by atoms with Gasteiger partial charge in [-0.25, -0.2) is 0 Å². The summed E-state index contributed by atoms with van der Waals surface area (Å²) in [7, 11) is 0. The summed E-state index contributed by atoms with van der Waals surface area (Å²) < 4.78 is 0. The Kier molecular flexibility index (Phi) is 5.51. The van der Waals surface area contributed by atoms with Gasteiger partial charge in [0.15, 0.2) is 0 Å². The van der Waals surface area contributed by atoms with Crippen molar-refractivity contribution in [1.29, 1.82) is 5.26 Å². The van der Waals surface area contributed by atoms with Gasteiger partial charge in [-0.1, -0.05) is 46.4 Å². The van der Waals surface area contributed by atoms with Crippen molar-refractivity contribution in [3.05, 3.63) is 74.3 Å². The maximum absolute atomic E-state index is 9.20. The van der Waals surface area contributed by atoms with Crippen LogP contribution in [-0.2, 0) is 6.42 Å². The van der Waals surface area contributed by atoms with E-state index in [9.17, 15) is 5.26 Å². The molecule has 3 aromatic rings. The zero-order valence-electron chi connectivity index (χ0n) is 12.7. The minimum absolute atomic E-state index is 0.200. The Morgan fingerprint density at radius 2 is 1.44 bits per heavy atom. The van der Waals surface area contributed by atoms with Crippen LogP contribution in [0.25, 0.3) is 22.4 Å². The van der Waals surface area contributed by atoms with Crippen LogP contribution < -0.4 is 0 Å². The minimum atomic E-state index is 0.200. The van der Waals surface area contributed by atoms with Crippen LogP contribution in [0.5, 0.6) is 0 Å². The normalized spacial score (nSPS) is 10.5. The Hall–Kier alpha value is -1.76. The molecule has 3 rings (SSSR count). The highest BCUT2D eigenvalue weighted by molar-refractivity contribution is 6.36. The van der Waals surface area contributed by atoms with Crippen molar-refractivity contribution in [2.24, 2.45) is 0 Å². The highest BCUT2D eigenvalue weighted by Gasteiger charge is 2.18. The Balaban J connectivity index is 2.38. The molecule has 0 unspecified atom stereocenters. The molecule has 2 aromatic carbocycles. The lowest BCUT2D eigenvalue weighted by atomic mass is 9.93. The summed E-state index contributed by atoms with van der Waals surface area (Å²) in [5.74, 6) is 0. The summed E-state index contributed by atoms with van der Waals surface area (Å²) in [6.07, 6.45) is 1.84. The molecule has 0 bridgehead atoms. The number of hydrogen-bond acceptors (Lipinski definition) is 2. The van der Waals surface area contributed by atoms with Crippen LogP contribution in [0.2, 0.25) is 20.1 Å². The highest BCUT2D eigenvalue weighted by Crippen LogP contribution is 2.41. The Morgan fingerprint density at radius 1 is 0.840 bits per heavy atom. The van der Waals surface area contributed by atoms with Crippen LogP contribution in [0, 0.1) is 11.3 Å². The van der Waals surface area contributed by atoms with Crippen molar-refractivity contribution < 1.29 is 0 Å². The van der Waals surface area contributed by atoms with Gasteiger partial charge >= 0.3 is 0 Å². The Morgan fingerprint density at radius 3 is 2.08 bits per heavy atom. The fraction of sp³-hybridized carbons (Fsp3) is 0.0526. The van der Waals surface area contributed by atoms with Crippen LogP contribution in [0.1, 0.15) is 5.56 Å². The van der Waals surface area contributed by atoms with Crippen molar-refractivity contribution >= 4 is 46.4 Å². The van der Waals surface area contributed by atoms with E-state index in [-0.39, 0.29) is 6.42 Å². The molecule has 2 nitrogen and oxygen atoms in total. The highest BCUT2D eigenvalue weighted by atomic mass is 35.5. The molecule has 0 saturated carbocycles. The second-order valence-corrected chi connectivity index (χ2v) is 6.96. The number of halogens is 4. The van der Waals surface area contributed by atoms with Gasteiger partial charge in [-0.15, -0.1) is 0 Å². The average molecular weight is 408 g/mol. The molecule has 0 aliphatic heterocycles. The maximum atomic E-state index is 9.20. The summed E-state index contributed by atoms with van der Waals surface area (Å²) in [5.41, 5.74) is 3.47. The lowest BCUT2D eigenvalue weighted by Gasteiger charge is -2.16. The lowest BCUT2D eigenvalue weighted by molar-refractivity contribution is 1.22. The zero-order chi connectivity index (χ0) is 18.0. The molecule has 0 N–H and O–H groups in total. The van der Waals surface area contributed by atoms with Crippen LogP contribution >= 0.6 is 46.4 Å². The van der Waals surface area contributed by atoms with Gasteiger partial charge < -0.3 is 0 Å². The largest absolute Gasteiger partial charge is 0.256 e. The van der Waals surface area contributed by atoms with Gasteiger partial charge in [-0.3, -0.25) is 4.98 Å². The smallest absolute Gasteiger partial charge is 0.0799 e. The summed E-state index contributed by atoms with van der Waals surface area (Å²) in [4.78, 5) is 4.49. The van der Waals surface area contributed by atoms with E-state index in [1.807, 2.05) is 0 Å². The molecular weight excluding hydrogens is 398 g/mol. The topological polar surface area (TPSA) is 36.7 Å². The van der Waals surface area contributed by atoms with E-state index in [1.165, 1.54) is 0 Å². The van der Waals surface area contributed by atoms with E-state index in [1.54, 1.807) is 48.7 Å². The van der Waals surface area contributed by atoms with Crippen molar-refractivity contribution in [3.8, 4) is 28.5 Å². The lowest BCUT2D eigenvalue weighted by Crippen LogP contribution is -1.97. The number of rotatable bonds is 3. The molecule has 0 radical (unpaired) electrons. The molecule has 25 heavy (non-hydrogen) atoms. The van der Waals surface area contributed by atoms with Crippen LogP contribution in [0.3, 0.4) is 0 Å². The first-order chi connectivity index (χ1) is 12.0. The van der Waals surface area contributed by atoms with E-state index in [2.05, 4.69) is 11.1 Å². The quantitative estimate of drug-likeness (QED) is 0.464. The second-order valence-electron chi connectivity index (χ2n) is 5.28. The van der Waals surface area contributed by atoms with Crippen molar-refractivity contribution in [3.63, 3.8) is 0 Å². The molecule has 0 fully saturated rings. The molecule has 0 atom stereocenters. The molecule has 0 aliphatic carbocycles. The fourth-order valence-corrected chi connectivity index (χ4v) is 3.37. The molecule has 0 spiro atoms. The van der Waals surface area contributed by atoms with Crippen molar-refractivity contribution in [1.82, 2.24) is 4.98 Å². The predicted octanol–water partition coefficient (Wildman–Crippen LogP) is 7.10. The van der Waals surface area contributed by atoms with Gasteiger partial charge in [0, 0.05) is 38.0 Å². The third kappa shape index (κ3) is 3.76. The van der Waals surface area contributed by atoms with Crippen LogP contribution in [0.15, 0.2) is 48.7 Å². The van der Waals surface area contributed by atoms with Gasteiger partial charge in [0.05, 0.1) is 23.2 Å². The number of pyridine rings is 1. The number of hydrogen-bond donors (Lipinski definition) is 0.